The largest absolute Gasteiger partial charge is 0.326 e. The Balaban J connectivity index is 3.01. The fraction of sp³-hybridized carbons (Fsp3) is 0.231. The van der Waals surface area contributed by atoms with Crippen molar-refractivity contribution in [3.8, 4) is 0 Å². The van der Waals surface area contributed by atoms with Crippen molar-refractivity contribution in [2.24, 2.45) is 0 Å². The number of hydrogen-bond acceptors (Lipinski definition) is 2. The van der Waals surface area contributed by atoms with Crippen molar-refractivity contribution < 1.29 is 9.59 Å². The molecule has 1 amide bonds. The highest BCUT2D eigenvalue weighted by Gasteiger charge is 2.04. The molecule has 0 aliphatic rings. The highest BCUT2D eigenvalue weighted by molar-refractivity contribution is 5.99. The lowest BCUT2D eigenvalue weighted by Gasteiger charge is -2.07. The van der Waals surface area contributed by atoms with Gasteiger partial charge in [0.2, 0.25) is 5.91 Å². The zero-order chi connectivity index (χ0) is 12.0. The molecule has 0 unspecified atom stereocenters. The number of hydrogen-bond donors (Lipinski definition) is 1. The van der Waals surface area contributed by atoms with Gasteiger partial charge in [-0.05, 0) is 5.56 Å². The lowest BCUT2D eigenvalue weighted by atomic mass is 10.1. The van der Waals surface area contributed by atoms with Crippen LogP contribution in [0.1, 0.15) is 25.8 Å². The lowest BCUT2D eigenvalue weighted by Crippen LogP contribution is -2.19. The van der Waals surface area contributed by atoms with Gasteiger partial charge in [0.25, 0.3) is 0 Å². The molecule has 1 N–H and O–H groups in total. The molecule has 0 bridgehead atoms. The van der Waals surface area contributed by atoms with Crippen LogP contribution < -0.4 is 5.32 Å². The number of ketones is 1. The van der Waals surface area contributed by atoms with Crippen LogP contribution in [0.3, 0.4) is 0 Å². The van der Waals surface area contributed by atoms with E-state index >= 15 is 0 Å². The summed E-state index contributed by atoms with van der Waals surface area (Å²) in [7, 11) is 0. The van der Waals surface area contributed by atoms with Gasteiger partial charge in [-0.1, -0.05) is 37.3 Å². The Labute approximate surface area is 95.2 Å². The summed E-state index contributed by atoms with van der Waals surface area (Å²) in [6, 6.07) is 9.31. The van der Waals surface area contributed by atoms with E-state index in [1.54, 1.807) is 6.92 Å². The Bertz CT molecular complexity index is 407. The van der Waals surface area contributed by atoms with Crippen molar-refractivity contribution in [3.63, 3.8) is 0 Å². The third-order valence-electron chi connectivity index (χ3n) is 2.05. The second-order valence-electron chi connectivity index (χ2n) is 3.43. The van der Waals surface area contributed by atoms with Crippen molar-refractivity contribution in [1.82, 2.24) is 5.32 Å². The molecule has 1 aromatic carbocycles. The zero-order valence-electron chi connectivity index (χ0n) is 9.49. The van der Waals surface area contributed by atoms with E-state index in [-0.39, 0.29) is 11.7 Å². The number of nitrogens with one attached hydrogen (secondary N) is 1. The Morgan fingerprint density at radius 1 is 1.25 bits per heavy atom. The quantitative estimate of drug-likeness (QED) is 0.785. The summed E-state index contributed by atoms with van der Waals surface area (Å²) in [5.41, 5.74) is 1.39. The minimum absolute atomic E-state index is 0.00685. The van der Waals surface area contributed by atoms with Crippen LogP contribution in [0.4, 0.5) is 0 Å². The molecule has 0 aliphatic heterocycles. The highest BCUT2D eigenvalue weighted by Crippen LogP contribution is 2.11. The van der Waals surface area contributed by atoms with E-state index < -0.39 is 0 Å². The first-order valence-electron chi connectivity index (χ1n) is 5.21. The fourth-order valence-corrected chi connectivity index (χ4v) is 1.26. The average molecular weight is 217 g/mol. The molecule has 0 spiro atoms. The number of allylic oxidation sites excluding steroid dienone is 1. The number of carbonyl (C=O) groups is 2. The van der Waals surface area contributed by atoms with Crippen molar-refractivity contribution in [3.05, 3.63) is 42.0 Å². The predicted octanol–water partition coefficient (Wildman–Crippen LogP) is 2.14. The maximum Gasteiger partial charge on any atom is 0.221 e. The molecule has 0 aromatic heterocycles. The molecule has 0 atom stereocenters. The van der Waals surface area contributed by atoms with Crippen LogP contribution in [0.25, 0.3) is 5.70 Å². The number of rotatable bonds is 4. The first-order valence-corrected chi connectivity index (χ1v) is 5.21. The molecule has 0 saturated heterocycles. The van der Waals surface area contributed by atoms with Gasteiger partial charge in [0.15, 0.2) is 5.78 Å². The van der Waals surface area contributed by atoms with Crippen molar-refractivity contribution in [2.75, 3.05) is 0 Å². The average Bonchev–Trinajstić information content (AvgIpc) is 2.28. The van der Waals surface area contributed by atoms with Gasteiger partial charge in [0.1, 0.15) is 0 Å². The summed E-state index contributed by atoms with van der Waals surface area (Å²) < 4.78 is 0. The maximum absolute atomic E-state index is 11.3. The van der Waals surface area contributed by atoms with Crippen molar-refractivity contribution >= 4 is 17.4 Å². The number of benzene rings is 1. The standard InChI is InChI=1S/C13H15NO2/c1-3-12(16)9-13(14-10(2)15)11-7-5-4-6-8-11/h4-9H,3H2,1-2H3,(H,14,15)/b13-9-. The second kappa shape index (κ2) is 5.85. The first-order chi connectivity index (χ1) is 7.63. The van der Waals surface area contributed by atoms with Gasteiger partial charge in [-0.15, -0.1) is 0 Å². The molecule has 0 saturated carbocycles. The van der Waals surface area contributed by atoms with Crippen molar-refractivity contribution in [2.45, 2.75) is 20.3 Å². The van der Waals surface area contributed by atoms with E-state index in [1.807, 2.05) is 30.3 Å². The van der Waals surface area contributed by atoms with Gasteiger partial charge in [-0.2, -0.15) is 0 Å². The Morgan fingerprint density at radius 2 is 1.88 bits per heavy atom. The predicted molar refractivity (Wildman–Crippen MR) is 63.5 cm³/mol. The summed E-state index contributed by atoms with van der Waals surface area (Å²) in [6.07, 6.45) is 1.90. The monoisotopic (exact) mass is 217 g/mol. The summed E-state index contributed by atoms with van der Waals surface area (Å²) in [5, 5.41) is 2.66. The summed E-state index contributed by atoms with van der Waals surface area (Å²) in [6.45, 7) is 3.21. The van der Waals surface area contributed by atoms with E-state index in [2.05, 4.69) is 5.32 Å². The SMILES string of the molecule is CCC(=O)/C=C(\NC(C)=O)c1ccccc1. The minimum atomic E-state index is -0.181. The Hall–Kier alpha value is -1.90. The van der Waals surface area contributed by atoms with Crippen LogP contribution in [0.15, 0.2) is 36.4 Å². The number of amides is 1. The molecule has 1 aromatic rings. The van der Waals surface area contributed by atoms with E-state index in [9.17, 15) is 9.59 Å². The molecule has 0 heterocycles. The first kappa shape index (κ1) is 12.2. The minimum Gasteiger partial charge on any atom is -0.326 e. The van der Waals surface area contributed by atoms with E-state index in [0.717, 1.165) is 5.56 Å². The fourth-order valence-electron chi connectivity index (χ4n) is 1.26. The van der Waals surface area contributed by atoms with Gasteiger partial charge in [-0.25, -0.2) is 0 Å². The van der Waals surface area contributed by atoms with Crippen LogP contribution in [0.2, 0.25) is 0 Å². The van der Waals surface area contributed by atoms with Crippen LogP contribution in [0.5, 0.6) is 0 Å². The molecule has 3 heteroatoms. The van der Waals surface area contributed by atoms with Gasteiger partial charge in [0, 0.05) is 19.4 Å². The second-order valence-corrected chi connectivity index (χ2v) is 3.43. The molecule has 3 nitrogen and oxygen atoms in total. The Morgan fingerprint density at radius 3 is 2.38 bits per heavy atom. The maximum atomic E-state index is 11.3. The van der Waals surface area contributed by atoms with Gasteiger partial charge in [0.05, 0.1) is 5.70 Å². The molecular formula is C13H15NO2. The summed E-state index contributed by atoms with van der Waals surface area (Å²) in [5.74, 6) is -0.188. The molecule has 84 valence electrons. The molecule has 0 fully saturated rings. The third kappa shape index (κ3) is 3.69. The molecule has 1 rings (SSSR count). The van der Waals surface area contributed by atoms with Crippen LogP contribution in [-0.2, 0) is 9.59 Å². The van der Waals surface area contributed by atoms with Gasteiger partial charge >= 0.3 is 0 Å². The normalized spacial score (nSPS) is 11.0. The molecular weight excluding hydrogens is 202 g/mol. The number of carbonyl (C=O) groups excluding carboxylic acids is 2. The van der Waals surface area contributed by atoms with Crippen LogP contribution in [-0.4, -0.2) is 11.7 Å². The Kier molecular flexibility index (Phi) is 4.45. The summed E-state index contributed by atoms with van der Waals surface area (Å²) >= 11 is 0. The van der Waals surface area contributed by atoms with Crippen molar-refractivity contribution in [1.29, 1.82) is 0 Å². The molecule has 0 radical (unpaired) electrons. The topological polar surface area (TPSA) is 46.2 Å². The van der Waals surface area contributed by atoms with Gasteiger partial charge < -0.3 is 5.32 Å². The summed E-state index contributed by atoms with van der Waals surface area (Å²) in [4.78, 5) is 22.4. The van der Waals surface area contributed by atoms with Crippen LogP contribution in [0, 0.1) is 0 Å². The smallest absolute Gasteiger partial charge is 0.221 e. The van der Waals surface area contributed by atoms with E-state index in [1.165, 1.54) is 13.0 Å². The van der Waals surface area contributed by atoms with Crippen LogP contribution >= 0.6 is 0 Å². The third-order valence-corrected chi connectivity index (χ3v) is 2.05. The lowest BCUT2D eigenvalue weighted by molar-refractivity contribution is -0.117. The van der Waals surface area contributed by atoms with E-state index in [0.29, 0.717) is 12.1 Å². The van der Waals surface area contributed by atoms with Gasteiger partial charge in [-0.3, -0.25) is 9.59 Å². The zero-order valence-corrected chi connectivity index (χ0v) is 9.49. The molecule has 16 heavy (non-hydrogen) atoms. The van der Waals surface area contributed by atoms with E-state index in [4.69, 9.17) is 0 Å². The highest BCUT2D eigenvalue weighted by atomic mass is 16.1. The molecule has 0 aliphatic carbocycles.